The van der Waals surface area contributed by atoms with Gasteiger partial charge >= 0.3 is 0 Å². The Hall–Kier alpha value is -0.0400. The van der Waals surface area contributed by atoms with Gasteiger partial charge in [0.25, 0.3) is 0 Å². The fourth-order valence-corrected chi connectivity index (χ4v) is 2.57. The maximum absolute atomic E-state index is 2.70. The van der Waals surface area contributed by atoms with Crippen LogP contribution in [-0.4, -0.2) is 24.0 Å². The van der Waals surface area contributed by atoms with Crippen molar-refractivity contribution in [2.24, 2.45) is 23.7 Å². The maximum Gasteiger partial charge on any atom is 0.0121 e. The van der Waals surface area contributed by atoms with Crippen LogP contribution in [0.2, 0.25) is 0 Å². The van der Waals surface area contributed by atoms with Crippen molar-refractivity contribution in [3.8, 4) is 0 Å². The van der Waals surface area contributed by atoms with E-state index >= 15 is 0 Å². The molecule has 1 heterocycles. The zero-order chi connectivity index (χ0) is 11.6. The molecule has 15 heavy (non-hydrogen) atoms. The second-order valence-corrected chi connectivity index (χ2v) is 6.40. The molecule has 0 aliphatic carbocycles. The standard InChI is InChI=1S/C14H29N/c1-10(2)7-14(12(5)6)15-8-13(9-15)11(3)4/h10-14H,7-9H2,1-6H3. The van der Waals surface area contributed by atoms with E-state index in [2.05, 4.69) is 46.4 Å². The average Bonchev–Trinajstić information content (AvgIpc) is 1.97. The van der Waals surface area contributed by atoms with Crippen molar-refractivity contribution >= 4 is 0 Å². The lowest BCUT2D eigenvalue weighted by Gasteiger charge is -2.48. The van der Waals surface area contributed by atoms with E-state index in [1.54, 1.807) is 0 Å². The molecule has 90 valence electrons. The third-order valence-corrected chi connectivity index (χ3v) is 3.83. The summed E-state index contributed by atoms with van der Waals surface area (Å²) in [5.41, 5.74) is 0. The van der Waals surface area contributed by atoms with Crippen LogP contribution in [0.4, 0.5) is 0 Å². The lowest BCUT2D eigenvalue weighted by atomic mass is 9.83. The van der Waals surface area contributed by atoms with Crippen LogP contribution in [0.1, 0.15) is 48.0 Å². The molecule has 1 rings (SSSR count). The first-order valence-corrected chi connectivity index (χ1v) is 6.65. The molecule has 0 saturated carbocycles. The fraction of sp³-hybridized carbons (Fsp3) is 1.00. The lowest BCUT2D eigenvalue weighted by Crippen LogP contribution is -2.55. The molecule has 1 saturated heterocycles. The highest BCUT2D eigenvalue weighted by atomic mass is 15.2. The van der Waals surface area contributed by atoms with Gasteiger partial charge in [0, 0.05) is 19.1 Å². The van der Waals surface area contributed by atoms with Crippen LogP contribution in [0.5, 0.6) is 0 Å². The Kier molecular flexibility index (Phi) is 4.64. The third kappa shape index (κ3) is 3.48. The van der Waals surface area contributed by atoms with Crippen molar-refractivity contribution in [1.82, 2.24) is 4.90 Å². The number of hydrogen-bond donors (Lipinski definition) is 0. The molecule has 1 aliphatic rings. The Morgan fingerprint density at radius 3 is 1.87 bits per heavy atom. The number of likely N-dealkylation sites (tertiary alicyclic amines) is 1. The van der Waals surface area contributed by atoms with Crippen molar-refractivity contribution in [3.05, 3.63) is 0 Å². The smallest absolute Gasteiger partial charge is 0.0121 e. The first kappa shape index (κ1) is 13.0. The van der Waals surface area contributed by atoms with Crippen LogP contribution in [0, 0.1) is 23.7 Å². The second-order valence-electron chi connectivity index (χ2n) is 6.40. The minimum absolute atomic E-state index is 0.806. The van der Waals surface area contributed by atoms with Gasteiger partial charge in [0.2, 0.25) is 0 Å². The fourth-order valence-electron chi connectivity index (χ4n) is 2.57. The van der Waals surface area contributed by atoms with Gasteiger partial charge in [0.05, 0.1) is 0 Å². The summed E-state index contributed by atoms with van der Waals surface area (Å²) < 4.78 is 0. The van der Waals surface area contributed by atoms with E-state index in [-0.39, 0.29) is 0 Å². The van der Waals surface area contributed by atoms with E-state index in [0.29, 0.717) is 0 Å². The first-order chi connectivity index (χ1) is 6.91. The number of hydrogen-bond acceptors (Lipinski definition) is 1. The number of nitrogens with zero attached hydrogens (tertiary/aromatic N) is 1. The van der Waals surface area contributed by atoms with Crippen molar-refractivity contribution in [2.75, 3.05) is 13.1 Å². The molecule has 1 fully saturated rings. The Bertz CT molecular complexity index is 178. The summed E-state index contributed by atoms with van der Waals surface area (Å²) in [5, 5.41) is 0. The Morgan fingerprint density at radius 1 is 1.00 bits per heavy atom. The van der Waals surface area contributed by atoms with Crippen molar-refractivity contribution in [2.45, 2.75) is 54.0 Å². The van der Waals surface area contributed by atoms with Gasteiger partial charge in [-0.2, -0.15) is 0 Å². The lowest BCUT2D eigenvalue weighted by molar-refractivity contribution is 0.00183. The van der Waals surface area contributed by atoms with Crippen LogP contribution in [0.15, 0.2) is 0 Å². The van der Waals surface area contributed by atoms with Gasteiger partial charge in [-0.3, -0.25) is 4.90 Å². The van der Waals surface area contributed by atoms with E-state index in [0.717, 1.165) is 29.7 Å². The highest BCUT2D eigenvalue weighted by molar-refractivity contribution is 4.88. The van der Waals surface area contributed by atoms with Gasteiger partial charge in [-0.1, -0.05) is 41.5 Å². The summed E-state index contributed by atoms with van der Waals surface area (Å²) >= 11 is 0. The van der Waals surface area contributed by atoms with Crippen LogP contribution in [-0.2, 0) is 0 Å². The molecule has 0 radical (unpaired) electrons. The molecule has 1 unspecified atom stereocenters. The van der Waals surface area contributed by atoms with E-state index in [4.69, 9.17) is 0 Å². The van der Waals surface area contributed by atoms with Crippen molar-refractivity contribution < 1.29 is 0 Å². The number of rotatable bonds is 5. The molecule has 0 aromatic carbocycles. The zero-order valence-electron chi connectivity index (χ0n) is 11.5. The van der Waals surface area contributed by atoms with Gasteiger partial charge in [0.1, 0.15) is 0 Å². The third-order valence-electron chi connectivity index (χ3n) is 3.83. The Balaban J connectivity index is 2.40. The SMILES string of the molecule is CC(C)CC(C(C)C)N1CC(C(C)C)C1. The molecule has 0 bridgehead atoms. The highest BCUT2D eigenvalue weighted by Crippen LogP contribution is 2.30. The van der Waals surface area contributed by atoms with Crippen molar-refractivity contribution in [3.63, 3.8) is 0 Å². The molecule has 1 heteroatoms. The monoisotopic (exact) mass is 211 g/mol. The quantitative estimate of drug-likeness (QED) is 0.671. The van der Waals surface area contributed by atoms with Gasteiger partial charge in [-0.25, -0.2) is 0 Å². The van der Waals surface area contributed by atoms with Crippen LogP contribution in [0.25, 0.3) is 0 Å². The van der Waals surface area contributed by atoms with Crippen molar-refractivity contribution in [1.29, 1.82) is 0 Å². The minimum Gasteiger partial charge on any atom is -0.299 e. The van der Waals surface area contributed by atoms with E-state index in [1.165, 1.54) is 19.5 Å². The molecule has 0 spiro atoms. The summed E-state index contributed by atoms with van der Waals surface area (Å²) in [7, 11) is 0. The molecule has 0 N–H and O–H groups in total. The van der Waals surface area contributed by atoms with E-state index in [9.17, 15) is 0 Å². The summed E-state index contributed by atoms with van der Waals surface area (Å²) in [6.07, 6.45) is 1.36. The summed E-state index contributed by atoms with van der Waals surface area (Å²) in [6, 6.07) is 0.819. The minimum atomic E-state index is 0.806. The summed E-state index contributed by atoms with van der Waals surface area (Å²) in [5.74, 6) is 3.46. The topological polar surface area (TPSA) is 3.24 Å². The molecular weight excluding hydrogens is 182 g/mol. The van der Waals surface area contributed by atoms with Crippen LogP contribution in [0.3, 0.4) is 0 Å². The average molecular weight is 211 g/mol. The summed E-state index contributed by atoms with van der Waals surface area (Å²) in [4.78, 5) is 2.70. The van der Waals surface area contributed by atoms with Gasteiger partial charge in [-0.05, 0) is 30.1 Å². The first-order valence-electron chi connectivity index (χ1n) is 6.65. The molecule has 0 aromatic rings. The summed E-state index contributed by atoms with van der Waals surface area (Å²) in [6.45, 7) is 16.8. The van der Waals surface area contributed by atoms with E-state index in [1.807, 2.05) is 0 Å². The predicted octanol–water partition coefficient (Wildman–Crippen LogP) is 3.64. The normalized spacial score (nSPS) is 21.4. The highest BCUT2D eigenvalue weighted by Gasteiger charge is 2.35. The van der Waals surface area contributed by atoms with Crippen LogP contribution < -0.4 is 0 Å². The largest absolute Gasteiger partial charge is 0.299 e. The van der Waals surface area contributed by atoms with E-state index < -0.39 is 0 Å². The molecule has 0 amide bonds. The van der Waals surface area contributed by atoms with Gasteiger partial charge in [-0.15, -0.1) is 0 Å². The Labute approximate surface area is 96.2 Å². The van der Waals surface area contributed by atoms with Crippen LogP contribution >= 0.6 is 0 Å². The molecule has 1 nitrogen and oxygen atoms in total. The zero-order valence-corrected chi connectivity index (χ0v) is 11.5. The molecule has 0 aromatic heterocycles. The molecular formula is C14H29N. The molecule has 1 aliphatic heterocycles. The maximum atomic E-state index is 2.70. The predicted molar refractivity (Wildman–Crippen MR) is 68.0 cm³/mol. The van der Waals surface area contributed by atoms with Gasteiger partial charge < -0.3 is 0 Å². The van der Waals surface area contributed by atoms with Gasteiger partial charge in [0.15, 0.2) is 0 Å². The molecule has 1 atom stereocenters. The second kappa shape index (κ2) is 5.34. The Morgan fingerprint density at radius 2 is 1.53 bits per heavy atom.